The molecule has 9 atom stereocenters. The number of phosphoric ester groups is 3. The molecule has 0 saturated carbocycles. The Labute approximate surface area is 486 Å². The van der Waals surface area contributed by atoms with Gasteiger partial charge in [-0.3, -0.25) is 39.9 Å². The molecule has 2 aromatic rings. The van der Waals surface area contributed by atoms with Crippen molar-refractivity contribution < 1.29 is 156 Å². The zero-order valence-corrected chi connectivity index (χ0v) is 52.7. The molecule has 3 rings (SSSR count). The number of amides is 2. The fourth-order valence-electron chi connectivity index (χ4n) is 4.75. The third kappa shape index (κ3) is 25.6. The number of ether oxygens (including phenoxy) is 1. The minimum absolute atomic E-state index is 0. The van der Waals surface area contributed by atoms with E-state index in [1.165, 1.54) is 20.8 Å². The summed E-state index contributed by atoms with van der Waals surface area (Å²) in [7, 11) is -17.6. The number of carboxylic acid groups (broad SMARTS) is 1. The van der Waals surface area contributed by atoms with Gasteiger partial charge in [0.1, 0.15) is 36.3 Å². The number of nitrogens with two attached hydrogens (primary N) is 3. The molecule has 68 heavy (non-hydrogen) atoms. The van der Waals surface area contributed by atoms with Crippen molar-refractivity contribution in [3.05, 3.63) is 24.5 Å². The molecule has 11 N–H and O–H groups in total. The molecule has 1 saturated heterocycles. The first-order valence-electron chi connectivity index (χ1n) is 18.4. The van der Waals surface area contributed by atoms with Crippen molar-refractivity contribution in [2.24, 2.45) is 16.9 Å². The maximum Gasteiger partial charge on any atom is 0.274 e. The molecule has 388 valence electrons. The van der Waals surface area contributed by atoms with Crippen LogP contribution in [0, 0.1) is 17.3 Å². The van der Waals surface area contributed by atoms with E-state index in [4.69, 9.17) is 27.0 Å². The molecule has 37 heteroatoms. The van der Waals surface area contributed by atoms with Gasteiger partial charge in [-0.2, -0.15) is 13.8 Å². The molecule has 1 aliphatic heterocycles. The Bertz CT molecular complexity index is 2060. The van der Waals surface area contributed by atoms with E-state index in [2.05, 4.69) is 80.7 Å². The van der Waals surface area contributed by atoms with Gasteiger partial charge in [-0.05, 0) is 0 Å². The van der Waals surface area contributed by atoms with Gasteiger partial charge >= 0.3 is 0 Å². The number of carbonyl (C=O) groups excluding carboxylic acids is 3. The fraction of sp³-hybridized carbons (Fsp3) is 0.645. The molecule has 1 fully saturated rings. The molecule has 0 aromatic carbocycles. The van der Waals surface area contributed by atoms with Crippen molar-refractivity contribution in [1.82, 2.24) is 30.2 Å². The molecule has 2 amide bonds. The number of phosphoric acid groups is 3. The molecule has 28 nitrogen and oxygen atoms in total. The van der Waals surface area contributed by atoms with Crippen LogP contribution in [0.1, 0.15) is 54.2 Å². The quantitative estimate of drug-likeness (QED) is 0.0271. The second kappa shape index (κ2) is 33.9. The average Bonchev–Trinajstić information content (AvgIpc) is 3.77. The second-order valence-corrected chi connectivity index (χ2v) is 19.5. The normalized spacial score (nSPS) is 19.7. The van der Waals surface area contributed by atoms with Crippen LogP contribution in [0.3, 0.4) is 0 Å². The summed E-state index contributed by atoms with van der Waals surface area (Å²) in [6.07, 6.45) is -7.63. The molecule has 0 spiro atoms. The number of fused-ring (bicyclic) bond motifs is 1. The SMILES string of the molecule is C[C-](C(=O)O)[C@H](C)N.C[C-](C(=O)SCCNC(=O)CCNC(=O)C(O)C(C)(C)COP(=O)([O-])OP(=O)([O-])OCC1OC(n2cnc3c(N)ncnc32)C(O)C1OP(=O)([O-])[O-])[C@H](C)N.I.II.[Y].[Y]. The standard InChI is InChI=1S/C26H44N8O17P3S.C5H10NO2.I2.HI.2Y/c1-13(14(2)27)25(39)55-8-7-29-16(35)5-6-30-23(38)20(37)26(3,4)10-48-54(45,46)51-53(43,44)47-9-15-19(50-52(40,41)42)18(36)24(49-15)34-12-33-17-21(28)31-11-32-22(17)34;1-3(4(2)6)5(7)8;1-2;;;/h11-12,14-15,18-20,24,36-37H,5-10,27H2,1-4H3,(H,29,35)(H,30,38)(H,43,44)(H,45,46)(H2,28,31,32)(H2,40,41,42);4H,6H2,1-2H3,(H,7,8);;1H;;/q2*-1;;;;/p-4/t14-,15?,18?,19?,20?,24?;4-;;;;/m00..../s1. The number of rotatable bonds is 23. The minimum atomic E-state index is -5.92. The van der Waals surface area contributed by atoms with Crippen molar-refractivity contribution in [3.63, 3.8) is 0 Å². The summed E-state index contributed by atoms with van der Waals surface area (Å²) < 4.78 is 60.4. The molecular formula is C31H51I3N9O19P3SY2-6. The summed E-state index contributed by atoms with van der Waals surface area (Å²) in [4.78, 5) is 106. The predicted molar refractivity (Wildman–Crippen MR) is 254 cm³/mol. The van der Waals surface area contributed by atoms with E-state index in [1.807, 2.05) is 0 Å². The number of aliphatic hydroxyl groups is 2. The summed E-state index contributed by atoms with van der Waals surface area (Å²) in [5.74, 6) is -1.45. The van der Waals surface area contributed by atoms with E-state index in [9.17, 15) is 62.7 Å². The maximum absolute atomic E-state index is 12.5. The molecule has 2 radical (unpaired) electrons. The third-order valence-corrected chi connectivity index (χ3v) is 12.7. The van der Waals surface area contributed by atoms with Crippen molar-refractivity contribution in [2.45, 2.75) is 90.7 Å². The van der Waals surface area contributed by atoms with Crippen molar-refractivity contribution >= 4 is 136 Å². The van der Waals surface area contributed by atoms with Crippen LogP contribution in [0.15, 0.2) is 12.7 Å². The number of aromatic nitrogens is 4. The Kier molecular flexibility index (Phi) is 36.6. The van der Waals surface area contributed by atoms with Crippen LogP contribution in [-0.4, -0.2) is 126 Å². The number of nitrogen functional groups attached to an aromatic ring is 1. The van der Waals surface area contributed by atoms with Crippen molar-refractivity contribution in [1.29, 1.82) is 0 Å². The summed E-state index contributed by atoms with van der Waals surface area (Å²) in [6, 6.07) is -0.744. The summed E-state index contributed by atoms with van der Waals surface area (Å²) >= 11 is 5.22. The zero-order valence-electron chi connectivity index (χ0n) is 36.9. The number of anilines is 1. The number of halogens is 3. The summed E-state index contributed by atoms with van der Waals surface area (Å²) in [5, 5.41) is 34.2. The number of carbonyl (C=O) groups is 4. The van der Waals surface area contributed by atoms with Gasteiger partial charge in [-0.25, -0.2) is 19.3 Å². The Morgan fingerprint density at radius 2 is 1.54 bits per heavy atom. The van der Waals surface area contributed by atoms with E-state index in [0.717, 1.165) is 29.0 Å². The molecular weight excluding hydrogens is 1490 g/mol. The predicted octanol–water partition coefficient (Wildman–Crippen LogP) is -1.52. The summed E-state index contributed by atoms with van der Waals surface area (Å²) in [5.41, 5.74) is 14.9. The monoisotopic (exact) mass is 1540 g/mol. The molecule has 0 aliphatic carbocycles. The van der Waals surface area contributed by atoms with Crippen LogP contribution in [0.5, 0.6) is 0 Å². The Morgan fingerprint density at radius 1 is 0.985 bits per heavy atom. The molecule has 0 bridgehead atoms. The van der Waals surface area contributed by atoms with Crippen molar-refractivity contribution in [3.8, 4) is 0 Å². The van der Waals surface area contributed by atoms with E-state index >= 15 is 0 Å². The second-order valence-electron chi connectivity index (χ2n) is 14.4. The van der Waals surface area contributed by atoms with Gasteiger partial charge < -0.3 is 90.4 Å². The van der Waals surface area contributed by atoms with Crippen molar-refractivity contribution in [2.75, 3.05) is 37.8 Å². The number of hydrogen-bond donors (Lipinski definition) is 8. The molecule has 3 heterocycles. The number of imidazole rings is 1. The van der Waals surface area contributed by atoms with Crippen LogP contribution < -0.4 is 47.4 Å². The van der Waals surface area contributed by atoms with Crippen LogP contribution >= 0.6 is 96.4 Å². The van der Waals surface area contributed by atoms with Gasteiger partial charge in [0.2, 0.25) is 11.8 Å². The Morgan fingerprint density at radius 3 is 2.06 bits per heavy atom. The number of nitrogens with zero attached hydrogens (tertiary/aromatic N) is 4. The third-order valence-electron chi connectivity index (χ3n) is 8.74. The zero-order chi connectivity index (χ0) is 50.2. The van der Waals surface area contributed by atoms with Gasteiger partial charge in [-0.15, -0.1) is 41.8 Å². The molecule has 2 aromatic heterocycles. The van der Waals surface area contributed by atoms with Crippen LogP contribution in [0.2, 0.25) is 0 Å². The Hall–Kier alpha value is 1.09. The largest absolute Gasteiger partial charge is 0.790 e. The number of aliphatic hydroxyl groups excluding tert-OH is 2. The summed E-state index contributed by atoms with van der Waals surface area (Å²) in [6.45, 7) is 6.44. The number of thioether (sulfide) groups is 1. The first-order valence-corrected chi connectivity index (χ1v) is 30.1. The van der Waals surface area contributed by atoms with E-state index in [-0.39, 0.29) is 143 Å². The van der Waals surface area contributed by atoms with Gasteiger partial charge in [-0.1, -0.05) is 33.7 Å². The number of aliphatic carboxylic acids is 1. The van der Waals surface area contributed by atoms with E-state index < -0.39 is 96.6 Å². The van der Waals surface area contributed by atoms with E-state index in [1.54, 1.807) is 20.8 Å². The molecule has 1 aliphatic rings. The number of carboxylic acids is 1. The fourth-order valence-corrected chi connectivity index (χ4v) is 8.28. The van der Waals surface area contributed by atoms with Crippen LogP contribution in [0.25, 0.3) is 11.2 Å². The minimum Gasteiger partial charge on any atom is -0.790 e. The van der Waals surface area contributed by atoms with Gasteiger partial charge in [0.15, 0.2) is 23.7 Å². The Balaban J connectivity index is -0.00000294. The van der Waals surface area contributed by atoms with Crippen LogP contribution in [0.4, 0.5) is 5.82 Å². The van der Waals surface area contributed by atoms with Gasteiger partial charge in [0, 0.05) is 133 Å². The molecule has 7 unspecified atom stereocenters. The first kappa shape index (κ1) is 73.3. The van der Waals surface area contributed by atoms with Gasteiger partial charge in [0.25, 0.3) is 15.6 Å². The first-order chi connectivity index (χ1) is 29.9. The topological polar surface area (TPSA) is 464 Å². The number of hydrogen-bond acceptors (Lipinski definition) is 25. The van der Waals surface area contributed by atoms with Gasteiger partial charge in [0.05, 0.1) is 32.5 Å². The number of nitrogens with one attached hydrogen (secondary N) is 2. The average molecular weight is 1540 g/mol. The van der Waals surface area contributed by atoms with E-state index in [0.29, 0.717) is 11.8 Å². The van der Waals surface area contributed by atoms with Crippen LogP contribution in [-0.2, 0) is 121 Å². The maximum atomic E-state index is 12.5. The smallest absolute Gasteiger partial charge is 0.274 e.